The van der Waals surface area contributed by atoms with Crippen molar-refractivity contribution < 1.29 is 4.74 Å². The molecule has 1 saturated heterocycles. The predicted molar refractivity (Wildman–Crippen MR) is 106 cm³/mol. The van der Waals surface area contributed by atoms with Gasteiger partial charge in [-0.3, -0.25) is 4.99 Å². The number of nitrogens with one attached hydrogen (secondary N) is 1. The highest BCUT2D eigenvalue weighted by atomic mass is 127. The van der Waals surface area contributed by atoms with Gasteiger partial charge >= 0.3 is 0 Å². The maximum Gasteiger partial charge on any atom is 0.194 e. The number of ether oxygens (including phenoxy) is 1. The van der Waals surface area contributed by atoms with Gasteiger partial charge in [0.25, 0.3) is 0 Å². The zero-order valence-electron chi connectivity index (χ0n) is 14.3. The Morgan fingerprint density at radius 1 is 1.35 bits per heavy atom. The van der Waals surface area contributed by atoms with Gasteiger partial charge < -0.3 is 15.0 Å². The fraction of sp³-hybridized carbons (Fsp3) is 0.611. The number of halogens is 1. The van der Waals surface area contributed by atoms with Crippen LogP contribution in [0.4, 0.5) is 0 Å². The highest BCUT2D eigenvalue weighted by Gasteiger charge is 2.29. The zero-order chi connectivity index (χ0) is 15.5. The molecule has 1 N–H and O–H groups in total. The molecule has 1 aromatic rings. The van der Waals surface area contributed by atoms with Gasteiger partial charge in [0, 0.05) is 19.1 Å². The van der Waals surface area contributed by atoms with Gasteiger partial charge in [-0.15, -0.1) is 24.0 Å². The van der Waals surface area contributed by atoms with Crippen molar-refractivity contribution >= 4 is 29.9 Å². The van der Waals surface area contributed by atoms with Crippen molar-refractivity contribution in [3.63, 3.8) is 0 Å². The fourth-order valence-electron chi connectivity index (χ4n) is 3.01. The number of morpholine rings is 1. The number of guanidine groups is 1. The van der Waals surface area contributed by atoms with Crippen LogP contribution in [0, 0.1) is 13.8 Å². The standard InChI is InChI=1S/C18H27N3O.HI/c1-4-19-18(20-15-6-7-15)21-9-10-22-17(12-21)16-8-5-13(2)11-14(16)3;/h5,8,11,15,17H,4,6-7,9-10,12H2,1-3H3,(H,19,20);1H. The van der Waals surface area contributed by atoms with E-state index >= 15 is 0 Å². The Hall–Kier alpha value is -0.820. The first-order valence-electron chi connectivity index (χ1n) is 8.42. The first-order valence-corrected chi connectivity index (χ1v) is 8.42. The lowest BCUT2D eigenvalue weighted by molar-refractivity contribution is -0.00838. The molecular formula is C18H28IN3O. The SMILES string of the molecule is CCN=C(NC1CC1)N1CCOC(c2ccc(C)cc2C)C1.I. The molecule has 128 valence electrons. The molecule has 1 aromatic carbocycles. The molecule has 0 amide bonds. The number of hydrogen-bond donors (Lipinski definition) is 1. The van der Waals surface area contributed by atoms with Crippen molar-refractivity contribution in [3.05, 3.63) is 34.9 Å². The van der Waals surface area contributed by atoms with E-state index in [0.29, 0.717) is 6.04 Å². The molecule has 4 nitrogen and oxygen atoms in total. The lowest BCUT2D eigenvalue weighted by Crippen LogP contribution is -2.49. The summed E-state index contributed by atoms with van der Waals surface area (Å²) in [5.74, 6) is 1.06. The van der Waals surface area contributed by atoms with Crippen molar-refractivity contribution in [2.24, 2.45) is 4.99 Å². The summed E-state index contributed by atoms with van der Waals surface area (Å²) in [7, 11) is 0. The third-order valence-electron chi connectivity index (χ3n) is 4.36. The molecule has 1 saturated carbocycles. The van der Waals surface area contributed by atoms with Gasteiger partial charge in [-0.2, -0.15) is 0 Å². The predicted octanol–water partition coefficient (Wildman–Crippen LogP) is 3.42. The lowest BCUT2D eigenvalue weighted by atomic mass is 10.00. The molecule has 1 aliphatic carbocycles. The van der Waals surface area contributed by atoms with Crippen molar-refractivity contribution in [3.8, 4) is 0 Å². The summed E-state index contributed by atoms with van der Waals surface area (Å²) in [6.45, 7) is 9.78. The first-order chi connectivity index (χ1) is 10.7. The van der Waals surface area contributed by atoms with E-state index in [1.807, 2.05) is 0 Å². The van der Waals surface area contributed by atoms with E-state index in [1.165, 1.54) is 29.5 Å². The van der Waals surface area contributed by atoms with Gasteiger partial charge in [0.1, 0.15) is 6.10 Å². The molecule has 1 aliphatic heterocycles. The Bertz CT molecular complexity index is 557. The largest absolute Gasteiger partial charge is 0.370 e. The maximum absolute atomic E-state index is 6.04. The van der Waals surface area contributed by atoms with Gasteiger partial charge in [-0.25, -0.2) is 0 Å². The van der Waals surface area contributed by atoms with Crippen molar-refractivity contribution in [2.45, 2.75) is 45.8 Å². The second-order valence-corrected chi connectivity index (χ2v) is 6.38. The van der Waals surface area contributed by atoms with Gasteiger partial charge in [0.15, 0.2) is 5.96 Å². The van der Waals surface area contributed by atoms with Gasteiger partial charge in [0.2, 0.25) is 0 Å². The Balaban J connectivity index is 0.00000192. The van der Waals surface area contributed by atoms with Crippen LogP contribution >= 0.6 is 24.0 Å². The topological polar surface area (TPSA) is 36.9 Å². The molecule has 0 radical (unpaired) electrons. The molecule has 1 unspecified atom stereocenters. The fourth-order valence-corrected chi connectivity index (χ4v) is 3.01. The number of nitrogens with zero attached hydrogens (tertiary/aromatic N) is 2. The minimum atomic E-state index is 0. The highest BCUT2D eigenvalue weighted by molar-refractivity contribution is 14.0. The van der Waals surface area contributed by atoms with Crippen molar-refractivity contribution in [1.29, 1.82) is 0 Å². The number of benzene rings is 1. The smallest absolute Gasteiger partial charge is 0.194 e. The van der Waals surface area contributed by atoms with E-state index < -0.39 is 0 Å². The summed E-state index contributed by atoms with van der Waals surface area (Å²) < 4.78 is 6.04. The molecule has 3 rings (SSSR count). The molecule has 0 spiro atoms. The average molecular weight is 429 g/mol. The highest BCUT2D eigenvalue weighted by Crippen LogP contribution is 2.26. The molecule has 2 fully saturated rings. The van der Waals surface area contributed by atoms with Crippen LogP contribution in [0.3, 0.4) is 0 Å². The second-order valence-electron chi connectivity index (χ2n) is 6.38. The number of aryl methyl sites for hydroxylation is 2. The minimum Gasteiger partial charge on any atom is -0.370 e. The summed E-state index contributed by atoms with van der Waals surface area (Å²) in [5.41, 5.74) is 3.92. The molecule has 0 aromatic heterocycles. The normalized spacial score (nSPS) is 21.8. The summed E-state index contributed by atoms with van der Waals surface area (Å²) >= 11 is 0. The third kappa shape index (κ3) is 4.83. The number of aliphatic imine (C=N–C) groups is 1. The van der Waals surface area contributed by atoms with E-state index in [2.05, 4.69) is 54.2 Å². The van der Waals surface area contributed by atoms with E-state index in [0.717, 1.165) is 32.2 Å². The van der Waals surface area contributed by atoms with E-state index in [-0.39, 0.29) is 30.1 Å². The van der Waals surface area contributed by atoms with E-state index in [1.54, 1.807) is 0 Å². The van der Waals surface area contributed by atoms with Crippen LogP contribution in [0.5, 0.6) is 0 Å². The van der Waals surface area contributed by atoms with Crippen molar-refractivity contribution in [1.82, 2.24) is 10.2 Å². The Morgan fingerprint density at radius 2 is 2.13 bits per heavy atom. The van der Waals surface area contributed by atoms with Gasteiger partial charge in [-0.1, -0.05) is 23.8 Å². The summed E-state index contributed by atoms with van der Waals surface area (Å²) in [6, 6.07) is 7.26. The molecule has 0 bridgehead atoms. The van der Waals surface area contributed by atoms with E-state index in [4.69, 9.17) is 4.74 Å². The lowest BCUT2D eigenvalue weighted by Gasteiger charge is -2.36. The van der Waals surface area contributed by atoms with Crippen LogP contribution in [0.2, 0.25) is 0 Å². The van der Waals surface area contributed by atoms with Crippen LogP contribution in [0.1, 0.15) is 42.6 Å². The number of rotatable bonds is 3. The Morgan fingerprint density at radius 3 is 2.78 bits per heavy atom. The van der Waals surface area contributed by atoms with Gasteiger partial charge in [0.05, 0.1) is 13.2 Å². The first kappa shape index (κ1) is 18.5. The number of hydrogen-bond acceptors (Lipinski definition) is 2. The quantitative estimate of drug-likeness (QED) is 0.455. The molecule has 1 atom stereocenters. The molecule has 5 heteroatoms. The van der Waals surface area contributed by atoms with Crippen LogP contribution in [0.25, 0.3) is 0 Å². The monoisotopic (exact) mass is 429 g/mol. The van der Waals surface area contributed by atoms with Crippen LogP contribution < -0.4 is 5.32 Å². The van der Waals surface area contributed by atoms with Crippen LogP contribution in [-0.2, 0) is 4.74 Å². The maximum atomic E-state index is 6.04. The minimum absolute atomic E-state index is 0. The zero-order valence-corrected chi connectivity index (χ0v) is 16.7. The average Bonchev–Trinajstić information content (AvgIpc) is 3.31. The van der Waals surface area contributed by atoms with Crippen LogP contribution in [-0.4, -0.2) is 43.1 Å². The van der Waals surface area contributed by atoms with Crippen molar-refractivity contribution in [2.75, 3.05) is 26.2 Å². The summed E-state index contributed by atoms with van der Waals surface area (Å²) in [6.07, 6.45) is 2.68. The van der Waals surface area contributed by atoms with E-state index in [9.17, 15) is 0 Å². The Labute approximate surface area is 156 Å². The Kier molecular flexibility index (Phi) is 6.71. The molecule has 2 aliphatic rings. The third-order valence-corrected chi connectivity index (χ3v) is 4.36. The van der Waals surface area contributed by atoms with Gasteiger partial charge in [-0.05, 0) is 44.7 Å². The second kappa shape index (κ2) is 8.33. The summed E-state index contributed by atoms with van der Waals surface area (Å²) in [4.78, 5) is 7.02. The molecular weight excluding hydrogens is 401 g/mol. The van der Waals surface area contributed by atoms with Crippen LogP contribution in [0.15, 0.2) is 23.2 Å². The summed E-state index contributed by atoms with van der Waals surface area (Å²) in [5, 5.41) is 3.58. The molecule has 23 heavy (non-hydrogen) atoms. The molecule has 1 heterocycles.